The van der Waals surface area contributed by atoms with Crippen LogP contribution in [-0.4, -0.2) is 62.1 Å². The summed E-state index contributed by atoms with van der Waals surface area (Å²) in [6.07, 6.45) is 5.64. The molecule has 2 aliphatic carbocycles. The second-order valence-corrected chi connectivity index (χ2v) is 14.3. The lowest BCUT2D eigenvalue weighted by atomic mass is 9.99. The minimum Gasteiger partial charge on any atom is -0.453 e. The molecule has 0 bridgehead atoms. The Morgan fingerprint density at radius 2 is 1.66 bits per heavy atom. The van der Waals surface area contributed by atoms with Gasteiger partial charge in [-0.05, 0) is 89.6 Å². The molecule has 47 heavy (non-hydrogen) atoms. The van der Waals surface area contributed by atoms with Gasteiger partial charge in [0.15, 0.2) is 0 Å². The number of ether oxygens (including phenoxy) is 1. The van der Waals surface area contributed by atoms with E-state index in [1.807, 2.05) is 24.9 Å². The largest absolute Gasteiger partial charge is 0.453 e. The Morgan fingerprint density at radius 3 is 2.43 bits per heavy atom. The Hall–Kier alpha value is -4.70. The van der Waals surface area contributed by atoms with E-state index in [1.54, 1.807) is 0 Å². The maximum Gasteiger partial charge on any atom is 0.407 e. The first kappa shape index (κ1) is 28.5. The number of piperidine rings is 2. The van der Waals surface area contributed by atoms with Crippen molar-refractivity contribution in [3.8, 4) is 22.4 Å². The van der Waals surface area contributed by atoms with Crippen molar-refractivity contribution in [3.63, 3.8) is 0 Å². The average Bonchev–Trinajstić information content (AvgIpc) is 3.66. The molecule has 7 atom stereocenters. The van der Waals surface area contributed by atoms with E-state index in [0.717, 1.165) is 69.0 Å². The lowest BCUT2D eigenvalue weighted by Gasteiger charge is -2.31. The molecule has 5 aromatic rings. The van der Waals surface area contributed by atoms with Crippen LogP contribution in [0.4, 0.5) is 4.79 Å². The Kier molecular flexibility index (Phi) is 6.47. The summed E-state index contributed by atoms with van der Waals surface area (Å²) >= 11 is 0. The van der Waals surface area contributed by atoms with Crippen molar-refractivity contribution >= 4 is 33.8 Å². The predicted octanol–water partition coefficient (Wildman–Crippen LogP) is 6.24. The van der Waals surface area contributed by atoms with Crippen LogP contribution in [0.25, 0.3) is 44.2 Å². The SMILES string of the molecule is COC(=O)NC(C(=O)N1[C@@H]2C[C@@H]2C[C@H]1c1ncc(-c2ccc3cc(-c4ccc5nc([C@@H]6C[C@H]7C[C@H]7N6)[nH]c5c4)ccc3c2)[nH]1)C(C)C. The summed E-state index contributed by atoms with van der Waals surface area (Å²) in [6, 6.07) is 20.0. The van der Waals surface area contributed by atoms with E-state index in [0.29, 0.717) is 18.0 Å². The van der Waals surface area contributed by atoms with Gasteiger partial charge < -0.3 is 30.2 Å². The molecule has 1 unspecified atom stereocenters. The molecule has 4 N–H and O–H groups in total. The molecular weight excluding hydrogens is 590 g/mol. The summed E-state index contributed by atoms with van der Waals surface area (Å²) in [4.78, 5) is 44.5. The Morgan fingerprint density at radius 1 is 0.894 bits per heavy atom. The number of likely N-dealkylation sites (tertiary alicyclic amines) is 1. The zero-order valence-corrected chi connectivity index (χ0v) is 26.8. The van der Waals surface area contributed by atoms with E-state index >= 15 is 0 Å². The number of rotatable bonds is 7. The van der Waals surface area contributed by atoms with Crippen LogP contribution in [-0.2, 0) is 9.53 Å². The molecular formula is C37H39N7O3. The number of nitrogens with one attached hydrogen (secondary N) is 4. The number of nitrogens with zero attached hydrogens (tertiary/aromatic N) is 3. The molecule has 0 radical (unpaired) electrons. The third kappa shape index (κ3) is 4.97. The zero-order chi connectivity index (χ0) is 32.0. The first-order valence-electron chi connectivity index (χ1n) is 16.8. The number of methoxy groups -OCH3 is 1. The normalized spacial score (nSPS) is 26.4. The molecule has 0 spiro atoms. The molecule has 2 aliphatic heterocycles. The lowest BCUT2D eigenvalue weighted by molar-refractivity contribution is -0.136. The van der Waals surface area contributed by atoms with Gasteiger partial charge in [-0.15, -0.1) is 0 Å². The summed E-state index contributed by atoms with van der Waals surface area (Å²) in [5.41, 5.74) is 6.37. The number of amides is 2. The Balaban J connectivity index is 0.944. The van der Waals surface area contributed by atoms with E-state index in [-0.39, 0.29) is 23.9 Å². The zero-order valence-electron chi connectivity index (χ0n) is 26.8. The van der Waals surface area contributed by atoms with E-state index in [2.05, 4.69) is 75.2 Å². The number of hydrogen-bond acceptors (Lipinski definition) is 6. The van der Waals surface area contributed by atoms with Crippen molar-refractivity contribution in [1.29, 1.82) is 0 Å². The smallest absolute Gasteiger partial charge is 0.407 e. The van der Waals surface area contributed by atoms with Crippen LogP contribution in [0.1, 0.15) is 63.3 Å². The van der Waals surface area contributed by atoms with Gasteiger partial charge in [0.25, 0.3) is 0 Å². The minimum atomic E-state index is -0.650. The number of aromatic nitrogens is 4. The number of aromatic amines is 2. The average molecular weight is 630 g/mol. The number of carbonyl (C=O) groups excluding carboxylic acids is 2. The van der Waals surface area contributed by atoms with Gasteiger partial charge in [-0.1, -0.05) is 44.2 Å². The minimum absolute atomic E-state index is 0.0731. The topological polar surface area (TPSA) is 128 Å². The fourth-order valence-corrected chi connectivity index (χ4v) is 8.03. The fraction of sp³-hybridized carbons (Fsp3) is 0.405. The molecule has 4 aliphatic rings. The highest BCUT2D eigenvalue weighted by Gasteiger charge is 2.56. The number of H-pyrrole nitrogens is 2. The Labute approximate surface area is 272 Å². The third-order valence-electron chi connectivity index (χ3n) is 10.9. The summed E-state index contributed by atoms with van der Waals surface area (Å²) in [7, 11) is 1.31. The van der Waals surface area contributed by atoms with Crippen molar-refractivity contribution in [2.75, 3.05) is 7.11 Å². The van der Waals surface area contributed by atoms with E-state index < -0.39 is 12.1 Å². The second-order valence-electron chi connectivity index (χ2n) is 14.3. The standard InChI is InChI=1S/C37H39N7O3/c1-18(2)33(43-37(46)47-3)36(45)44-31-15-25(31)16-32(44)35-38-17-30(42-35)23-7-6-19-10-20(4-5-21(19)11-23)22-8-9-26-28(12-22)41-34(40-26)29-14-24-13-27(24)39-29/h4-12,17-18,24-25,27,29,31-33,39H,13-16H2,1-3H3,(H,38,42)(H,40,41)(H,43,46)/t24-,25-,27-,29+,31-,32+,33?/m1/s1. The van der Waals surface area contributed by atoms with Gasteiger partial charge in [0, 0.05) is 17.6 Å². The first-order chi connectivity index (χ1) is 22.8. The van der Waals surface area contributed by atoms with Gasteiger partial charge in [0.1, 0.15) is 17.7 Å². The number of carbonyl (C=O) groups is 2. The second kappa shape index (κ2) is 10.7. The van der Waals surface area contributed by atoms with Crippen LogP contribution in [0, 0.1) is 17.8 Å². The van der Waals surface area contributed by atoms with Crippen LogP contribution in [0.15, 0.2) is 60.8 Å². The number of alkyl carbamates (subject to hydrolysis) is 1. The molecule has 10 nitrogen and oxygen atoms in total. The fourth-order valence-electron chi connectivity index (χ4n) is 8.03. The molecule has 2 aromatic heterocycles. The summed E-state index contributed by atoms with van der Waals surface area (Å²) in [6.45, 7) is 3.87. The first-order valence-corrected chi connectivity index (χ1v) is 16.8. The van der Waals surface area contributed by atoms with Crippen molar-refractivity contribution in [2.24, 2.45) is 17.8 Å². The van der Waals surface area contributed by atoms with E-state index in [1.165, 1.54) is 25.5 Å². The summed E-state index contributed by atoms with van der Waals surface area (Å²) < 4.78 is 4.80. The molecule has 3 aromatic carbocycles. The third-order valence-corrected chi connectivity index (χ3v) is 10.9. The monoisotopic (exact) mass is 629 g/mol. The van der Waals surface area contributed by atoms with Gasteiger partial charge in [0.05, 0.1) is 42.1 Å². The molecule has 4 fully saturated rings. The van der Waals surface area contributed by atoms with Gasteiger partial charge in [-0.2, -0.15) is 0 Å². The quantitative estimate of drug-likeness (QED) is 0.169. The van der Waals surface area contributed by atoms with Crippen LogP contribution in [0.2, 0.25) is 0 Å². The molecule has 240 valence electrons. The van der Waals surface area contributed by atoms with Crippen molar-refractivity contribution in [2.45, 2.75) is 69.7 Å². The van der Waals surface area contributed by atoms with Crippen LogP contribution < -0.4 is 10.6 Å². The Bertz CT molecular complexity index is 2040. The van der Waals surface area contributed by atoms with Crippen molar-refractivity contribution in [3.05, 3.63) is 72.4 Å². The molecule has 10 heteroatoms. The maximum absolute atomic E-state index is 13.8. The van der Waals surface area contributed by atoms with Crippen molar-refractivity contribution < 1.29 is 14.3 Å². The lowest BCUT2D eigenvalue weighted by Crippen LogP contribution is -2.52. The van der Waals surface area contributed by atoms with Crippen LogP contribution >= 0.6 is 0 Å². The number of benzene rings is 3. The van der Waals surface area contributed by atoms with E-state index in [4.69, 9.17) is 14.7 Å². The van der Waals surface area contributed by atoms with Crippen molar-refractivity contribution in [1.82, 2.24) is 35.5 Å². The molecule has 2 amide bonds. The highest BCUT2D eigenvalue weighted by molar-refractivity contribution is 5.92. The highest BCUT2D eigenvalue weighted by atomic mass is 16.5. The van der Waals surface area contributed by atoms with Gasteiger partial charge in [0.2, 0.25) is 5.91 Å². The summed E-state index contributed by atoms with van der Waals surface area (Å²) in [5, 5.41) is 8.75. The number of hydrogen-bond donors (Lipinski definition) is 4. The van der Waals surface area contributed by atoms with Crippen LogP contribution in [0.3, 0.4) is 0 Å². The van der Waals surface area contributed by atoms with Gasteiger partial charge >= 0.3 is 6.09 Å². The van der Waals surface area contributed by atoms with Crippen LogP contribution in [0.5, 0.6) is 0 Å². The van der Waals surface area contributed by atoms with Gasteiger partial charge in [-0.3, -0.25) is 4.79 Å². The number of imidazole rings is 2. The molecule has 2 saturated carbocycles. The van der Waals surface area contributed by atoms with E-state index in [9.17, 15) is 9.59 Å². The maximum atomic E-state index is 13.8. The molecule has 4 heterocycles. The summed E-state index contributed by atoms with van der Waals surface area (Å²) in [5.74, 6) is 3.00. The molecule has 9 rings (SSSR count). The molecule has 2 saturated heterocycles. The highest BCUT2D eigenvalue weighted by Crippen LogP contribution is 2.53. The van der Waals surface area contributed by atoms with Gasteiger partial charge in [-0.25, -0.2) is 14.8 Å². The number of fused-ring (bicyclic) bond motifs is 4. The predicted molar refractivity (Wildman–Crippen MR) is 179 cm³/mol.